The maximum atomic E-state index is 13.3. The number of amides is 1. The average Bonchev–Trinajstić information content (AvgIpc) is 2.91. The smallest absolute Gasteiger partial charge is 0.261 e. The zero-order valence-electron chi connectivity index (χ0n) is 21.1. The highest BCUT2D eigenvalue weighted by molar-refractivity contribution is 7.92. The first kappa shape index (κ1) is 28.8. The molecule has 9 nitrogen and oxygen atoms in total. The van der Waals surface area contributed by atoms with Gasteiger partial charge in [0, 0.05) is 23.8 Å². The average molecular weight is 590 g/mol. The molecule has 206 valence electrons. The zero-order chi connectivity index (χ0) is 28.2. The molecule has 0 aromatic heterocycles. The normalized spacial score (nSPS) is 15.3. The molecule has 39 heavy (non-hydrogen) atoms. The van der Waals surface area contributed by atoms with E-state index in [2.05, 4.69) is 16.6 Å². The largest absolute Gasteiger partial charge is 0.379 e. The summed E-state index contributed by atoms with van der Waals surface area (Å²) in [6.07, 6.45) is 1.40. The second kappa shape index (κ2) is 11.9. The molecule has 3 aromatic rings. The molecule has 1 saturated heterocycles. The molecule has 0 saturated carbocycles. The summed E-state index contributed by atoms with van der Waals surface area (Å²) < 4.78 is 60.1. The summed E-state index contributed by atoms with van der Waals surface area (Å²) in [6, 6.07) is 16.2. The number of rotatable bonds is 9. The molecule has 0 radical (unpaired) electrons. The Bertz CT molecular complexity index is 1570. The van der Waals surface area contributed by atoms with E-state index in [4.69, 9.17) is 16.3 Å². The summed E-state index contributed by atoms with van der Waals surface area (Å²) in [5.41, 5.74) is 1.28. The van der Waals surface area contributed by atoms with Crippen LogP contribution in [0, 0.1) is 6.92 Å². The number of nitrogens with zero attached hydrogens (tertiary/aromatic N) is 1. The molecule has 1 aliphatic heterocycles. The van der Waals surface area contributed by atoms with Crippen molar-refractivity contribution in [3.63, 3.8) is 0 Å². The van der Waals surface area contributed by atoms with Crippen molar-refractivity contribution in [2.45, 2.75) is 22.1 Å². The molecule has 3 aromatic carbocycles. The Hall–Kier alpha value is -3.22. The number of nitrogens with one attached hydrogen (secondary N) is 2. The van der Waals surface area contributed by atoms with Crippen molar-refractivity contribution >= 4 is 48.7 Å². The number of carbonyl (C=O) groups excluding carboxylic acids is 1. The van der Waals surface area contributed by atoms with Crippen LogP contribution in [0.1, 0.15) is 15.9 Å². The number of sulfonamides is 1. The van der Waals surface area contributed by atoms with E-state index in [9.17, 15) is 21.6 Å². The molecule has 1 atom stereocenters. The van der Waals surface area contributed by atoms with E-state index >= 15 is 0 Å². The van der Waals surface area contributed by atoms with Crippen LogP contribution in [-0.4, -0.2) is 59.3 Å². The van der Waals surface area contributed by atoms with Crippen molar-refractivity contribution in [1.82, 2.24) is 4.90 Å². The molecule has 1 fully saturated rings. The lowest BCUT2D eigenvalue weighted by Gasteiger charge is -2.32. The lowest BCUT2D eigenvalue weighted by atomic mass is 10.1. The quantitative estimate of drug-likeness (QED) is 0.356. The molecule has 12 heteroatoms. The van der Waals surface area contributed by atoms with Crippen LogP contribution in [0.4, 0.5) is 11.4 Å². The Morgan fingerprint density at radius 3 is 2.21 bits per heavy atom. The SMILES string of the molecule is C=CC(N1CCOCC1)S(=O)(=O)c1ccc(NC(=O)c2cc(C)ccc2NS(=O)(=O)c2ccc(Cl)cc2)cc1. The molecule has 4 rings (SSSR count). The molecule has 0 spiro atoms. The van der Waals surface area contributed by atoms with E-state index in [1.807, 2.05) is 0 Å². The number of halogens is 1. The summed E-state index contributed by atoms with van der Waals surface area (Å²) >= 11 is 5.86. The van der Waals surface area contributed by atoms with Crippen LogP contribution < -0.4 is 10.0 Å². The summed E-state index contributed by atoms with van der Waals surface area (Å²) in [5.74, 6) is -0.569. The van der Waals surface area contributed by atoms with Gasteiger partial charge in [0.15, 0.2) is 9.84 Å². The second-order valence-electron chi connectivity index (χ2n) is 8.91. The van der Waals surface area contributed by atoms with Gasteiger partial charge in [0.25, 0.3) is 15.9 Å². The minimum atomic E-state index is -3.99. The number of benzene rings is 3. The first-order valence-electron chi connectivity index (χ1n) is 12.0. The number of hydrogen-bond acceptors (Lipinski definition) is 7. The van der Waals surface area contributed by atoms with Crippen LogP contribution in [0.25, 0.3) is 0 Å². The fourth-order valence-electron chi connectivity index (χ4n) is 4.12. The fourth-order valence-corrected chi connectivity index (χ4v) is 6.98. The van der Waals surface area contributed by atoms with Gasteiger partial charge in [0.05, 0.1) is 34.3 Å². The first-order valence-corrected chi connectivity index (χ1v) is 15.4. The predicted octanol–water partition coefficient (Wildman–Crippen LogP) is 4.32. The Kier molecular flexibility index (Phi) is 8.77. The van der Waals surface area contributed by atoms with E-state index in [0.717, 1.165) is 5.56 Å². The summed E-state index contributed by atoms with van der Waals surface area (Å²) in [7, 11) is -7.74. The zero-order valence-corrected chi connectivity index (χ0v) is 23.5. The highest BCUT2D eigenvalue weighted by atomic mass is 35.5. The van der Waals surface area contributed by atoms with E-state index in [1.54, 1.807) is 24.0 Å². The monoisotopic (exact) mass is 589 g/mol. The number of carbonyl (C=O) groups is 1. The van der Waals surface area contributed by atoms with Crippen molar-refractivity contribution in [3.05, 3.63) is 95.5 Å². The van der Waals surface area contributed by atoms with Crippen LogP contribution in [0.2, 0.25) is 5.02 Å². The van der Waals surface area contributed by atoms with Gasteiger partial charge >= 0.3 is 0 Å². The van der Waals surface area contributed by atoms with Gasteiger partial charge in [-0.05, 0) is 67.6 Å². The number of morpholine rings is 1. The Labute approximate surface area is 233 Å². The number of hydrogen-bond donors (Lipinski definition) is 2. The van der Waals surface area contributed by atoms with Crippen molar-refractivity contribution in [2.75, 3.05) is 36.3 Å². The van der Waals surface area contributed by atoms with Crippen LogP contribution in [-0.2, 0) is 24.6 Å². The van der Waals surface area contributed by atoms with Crippen LogP contribution in [0.15, 0.2) is 89.2 Å². The summed E-state index contributed by atoms with van der Waals surface area (Å²) in [6.45, 7) is 7.33. The van der Waals surface area contributed by atoms with Crippen molar-refractivity contribution < 1.29 is 26.4 Å². The topological polar surface area (TPSA) is 122 Å². The third-order valence-electron chi connectivity index (χ3n) is 6.15. The minimum Gasteiger partial charge on any atom is -0.379 e. The van der Waals surface area contributed by atoms with Gasteiger partial charge in [-0.25, -0.2) is 16.8 Å². The first-order chi connectivity index (χ1) is 18.5. The Morgan fingerprint density at radius 2 is 1.59 bits per heavy atom. The molecule has 1 unspecified atom stereocenters. The fraction of sp³-hybridized carbons (Fsp3) is 0.222. The lowest BCUT2D eigenvalue weighted by Crippen LogP contribution is -2.46. The molecular weight excluding hydrogens is 562 g/mol. The van der Waals surface area contributed by atoms with Crippen molar-refractivity contribution in [2.24, 2.45) is 0 Å². The summed E-state index contributed by atoms with van der Waals surface area (Å²) in [5, 5.41) is 2.21. The predicted molar refractivity (Wildman–Crippen MR) is 151 cm³/mol. The van der Waals surface area contributed by atoms with E-state index in [0.29, 0.717) is 37.0 Å². The molecule has 0 aliphatic carbocycles. The maximum Gasteiger partial charge on any atom is 0.261 e. The van der Waals surface area contributed by atoms with Gasteiger partial charge in [-0.2, -0.15) is 0 Å². The molecule has 1 amide bonds. The van der Waals surface area contributed by atoms with E-state index in [-0.39, 0.29) is 21.0 Å². The third kappa shape index (κ3) is 6.68. The molecule has 1 heterocycles. The third-order valence-corrected chi connectivity index (χ3v) is 9.84. The number of sulfone groups is 1. The van der Waals surface area contributed by atoms with Gasteiger partial charge in [0.2, 0.25) is 0 Å². The summed E-state index contributed by atoms with van der Waals surface area (Å²) in [4.78, 5) is 15.1. The Balaban J connectivity index is 1.53. The highest BCUT2D eigenvalue weighted by Crippen LogP contribution is 2.26. The second-order valence-corrected chi connectivity index (χ2v) is 13.1. The van der Waals surface area contributed by atoms with Crippen LogP contribution >= 0.6 is 11.6 Å². The van der Waals surface area contributed by atoms with E-state index in [1.165, 1.54) is 60.7 Å². The molecule has 1 aliphatic rings. The molecule has 0 bridgehead atoms. The van der Waals surface area contributed by atoms with Gasteiger partial charge in [-0.1, -0.05) is 29.3 Å². The Morgan fingerprint density at radius 1 is 0.974 bits per heavy atom. The standard InChI is InChI=1S/C27H28ClN3O6S2/c1-3-26(31-14-16-37-17-15-31)38(33,34)22-11-7-21(8-12-22)29-27(32)24-18-19(2)4-13-25(24)30-39(35,36)23-9-5-20(28)6-10-23/h3-13,18,26,30H,1,14-17H2,2H3,(H,29,32). The van der Waals surface area contributed by atoms with Crippen molar-refractivity contribution in [3.8, 4) is 0 Å². The number of anilines is 2. The molecule has 2 N–H and O–H groups in total. The van der Waals surface area contributed by atoms with Gasteiger partial charge in [-0.3, -0.25) is 14.4 Å². The van der Waals surface area contributed by atoms with E-state index < -0.39 is 31.1 Å². The van der Waals surface area contributed by atoms with Gasteiger partial charge < -0.3 is 10.1 Å². The van der Waals surface area contributed by atoms with Gasteiger partial charge in [0.1, 0.15) is 5.37 Å². The van der Waals surface area contributed by atoms with Crippen LogP contribution in [0.3, 0.4) is 0 Å². The molecular formula is C27H28ClN3O6S2. The van der Waals surface area contributed by atoms with Crippen molar-refractivity contribution in [1.29, 1.82) is 0 Å². The highest BCUT2D eigenvalue weighted by Gasteiger charge is 2.31. The lowest BCUT2D eigenvalue weighted by molar-refractivity contribution is 0.0374. The number of aryl methyl sites for hydroxylation is 1. The van der Waals surface area contributed by atoms with Crippen LogP contribution in [0.5, 0.6) is 0 Å². The minimum absolute atomic E-state index is 0.00876. The number of ether oxygens (including phenoxy) is 1. The maximum absolute atomic E-state index is 13.3. The van der Waals surface area contributed by atoms with Gasteiger partial charge in [-0.15, -0.1) is 6.58 Å².